The van der Waals surface area contributed by atoms with Crippen molar-refractivity contribution < 1.29 is 58.9 Å². The summed E-state index contributed by atoms with van der Waals surface area (Å²) in [5.41, 5.74) is 5.72. The molecule has 0 saturated carbocycles. The Morgan fingerprint density at radius 3 is 1.64 bits per heavy atom. The predicted molar refractivity (Wildman–Crippen MR) is 104 cm³/mol. The van der Waals surface area contributed by atoms with Crippen molar-refractivity contribution in [2.45, 2.75) is 44.9 Å². The third kappa shape index (κ3) is 5.94. The van der Waals surface area contributed by atoms with Crippen LogP contribution in [0.25, 0.3) is 0 Å². The molecule has 0 amide bonds. The first-order valence-corrected chi connectivity index (χ1v) is 9.19. The molecular formula is C24H27Cl3Ti. The zero-order valence-electron chi connectivity index (χ0n) is 16.5. The Kier molecular flexibility index (Phi) is 15.2. The molecule has 0 aliphatic heterocycles. The van der Waals surface area contributed by atoms with Crippen molar-refractivity contribution >= 4 is 0 Å². The average Bonchev–Trinajstić information content (AvgIpc) is 3.13. The molecule has 0 aromatic heterocycles. The normalized spacial score (nSPS) is 9.93. The van der Waals surface area contributed by atoms with E-state index >= 15 is 0 Å². The minimum absolute atomic E-state index is 0. The van der Waals surface area contributed by atoms with Crippen LogP contribution in [-0.2, 0) is 33.6 Å². The first kappa shape index (κ1) is 29.6. The van der Waals surface area contributed by atoms with Gasteiger partial charge in [-0.3, -0.25) is 0 Å². The molecule has 3 aromatic carbocycles. The number of aryl methyl sites for hydroxylation is 1. The molecule has 0 atom stereocenters. The fourth-order valence-corrected chi connectivity index (χ4v) is 3.97. The van der Waals surface area contributed by atoms with Crippen LogP contribution in [0.1, 0.15) is 55.4 Å². The molecule has 0 aliphatic carbocycles. The van der Waals surface area contributed by atoms with Crippen LogP contribution in [0.2, 0.25) is 0 Å². The molecule has 0 heterocycles. The number of benzene rings is 2. The third-order valence-electron chi connectivity index (χ3n) is 5.19. The van der Waals surface area contributed by atoms with Gasteiger partial charge in [-0.05, 0) is 17.5 Å². The van der Waals surface area contributed by atoms with E-state index in [-0.39, 0.29) is 64.4 Å². The average molecular weight is 470 g/mol. The van der Waals surface area contributed by atoms with E-state index in [0.717, 1.165) is 12.8 Å². The summed E-state index contributed by atoms with van der Waals surface area (Å²) >= 11 is 0. The molecule has 0 fully saturated rings. The van der Waals surface area contributed by atoms with Crippen LogP contribution in [0, 0.1) is 0 Å². The fraction of sp³-hybridized carbons (Fsp3) is 0.292. The number of halogens is 3. The van der Waals surface area contributed by atoms with Crippen molar-refractivity contribution in [2.75, 3.05) is 0 Å². The van der Waals surface area contributed by atoms with Crippen molar-refractivity contribution in [3.05, 3.63) is 101 Å². The van der Waals surface area contributed by atoms with E-state index in [1.807, 2.05) is 0 Å². The van der Waals surface area contributed by atoms with Crippen LogP contribution in [0.5, 0.6) is 0 Å². The zero-order valence-corrected chi connectivity index (χ0v) is 20.3. The van der Waals surface area contributed by atoms with Gasteiger partial charge in [0.05, 0.1) is 0 Å². The summed E-state index contributed by atoms with van der Waals surface area (Å²) < 4.78 is 0. The molecule has 0 N–H and O–H groups in total. The number of hydrogen-bond acceptors (Lipinski definition) is 0. The minimum atomic E-state index is -0.0482. The minimum Gasteiger partial charge on any atom is -1.00 e. The molecule has 4 heteroatoms. The van der Waals surface area contributed by atoms with E-state index in [1.54, 1.807) is 0 Å². The van der Waals surface area contributed by atoms with Crippen molar-refractivity contribution in [2.24, 2.45) is 0 Å². The molecule has 0 nitrogen and oxygen atoms in total. The maximum absolute atomic E-state index is 2.34. The van der Waals surface area contributed by atoms with Crippen LogP contribution in [-0.4, -0.2) is 0 Å². The smallest absolute Gasteiger partial charge is 1.00 e. The third-order valence-corrected chi connectivity index (χ3v) is 5.19. The van der Waals surface area contributed by atoms with Gasteiger partial charge in [0.15, 0.2) is 0 Å². The van der Waals surface area contributed by atoms with Crippen molar-refractivity contribution in [3.63, 3.8) is 0 Å². The standard InChI is InChI=1S/C24H27.3ClH.Ti/c1-3-5-19-24(21-14-8-6-9-15-21,22-16-10-7-11-17-22)23-18-12-13-20(23)4-2;;;;/h6-18H,3-5,19H2,1-2H3;3*1H;/q-1;;;;+4/p-3. The Balaban J connectivity index is 0. The Morgan fingerprint density at radius 1 is 0.714 bits per heavy atom. The van der Waals surface area contributed by atoms with Gasteiger partial charge in [0.1, 0.15) is 0 Å². The molecule has 3 aromatic rings. The SMILES string of the molecule is CCCCC(c1ccccc1)(c1ccccc1)[c-]1cccc1CC.[Cl-].[Cl-].[Cl-].[Ti+4]. The van der Waals surface area contributed by atoms with Crippen molar-refractivity contribution in [3.8, 4) is 0 Å². The number of hydrogen-bond donors (Lipinski definition) is 0. The van der Waals surface area contributed by atoms with Crippen molar-refractivity contribution in [1.29, 1.82) is 0 Å². The maximum Gasteiger partial charge on any atom is 4.00 e. The van der Waals surface area contributed by atoms with E-state index in [9.17, 15) is 0 Å². The zero-order chi connectivity index (χ0) is 16.8. The van der Waals surface area contributed by atoms with Gasteiger partial charge >= 0.3 is 21.7 Å². The van der Waals surface area contributed by atoms with Crippen LogP contribution < -0.4 is 37.2 Å². The second-order valence-electron chi connectivity index (χ2n) is 6.56. The molecule has 0 aliphatic rings. The maximum atomic E-state index is 2.34. The summed E-state index contributed by atoms with van der Waals surface area (Å²) in [4.78, 5) is 0. The van der Waals surface area contributed by atoms with E-state index in [0.29, 0.717) is 0 Å². The van der Waals surface area contributed by atoms with Crippen LogP contribution in [0.15, 0.2) is 78.9 Å². The second-order valence-corrected chi connectivity index (χ2v) is 6.56. The van der Waals surface area contributed by atoms with Crippen LogP contribution in [0.4, 0.5) is 0 Å². The van der Waals surface area contributed by atoms with E-state index in [2.05, 4.69) is 92.7 Å². The molecule has 0 spiro atoms. The summed E-state index contributed by atoms with van der Waals surface area (Å²) in [5.74, 6) is 0. The molecule has 0 unspecified atom stereocenters. The van der Waals surface area contributed by atoms with E-state index in [4.69, 9.17) is 0 Å². The largest absolute Gasteiger partial charge is 4.00 e. The van der Waals surface area contributed by atoms with Gasteiger partial charge in [-0.2, -0.15) is 11.6 Å². The first-order chi connectivity index (χ1) is 11.8. The van der Waals surface area contributed by atoms with E-state index in [1.165, 1.54) is 35.1 Å². The Bertz CT molecular complexity index is 714. The molecular weight excluding hydrogens is 442 g/mol. The van der Waals surface area contributed by atoms with Gasteiger partial charge in [0.2, 0.25) is 0 Å². The number of rotatable bonds is 7. The summed E-state index contributed by atoms with van der Waals surface area (Å²) in [5, 5.41) is 0. The van der Waals surface area contributed by atoms with Crippen molar-refractivity contribution in [1.82, 2.24) is 0 Å². The summed E-state index contributed by atoms with van der Waals surface area (Å²) in [6.07, 6.45) is 4.66. The van der Waals surface area contributed by atoms with Gasteiger partial charge in [-0.15, -0.1) is 5.56 Å². The predicted octanol–water partition coefficient (Wildman–Crippen LogP) is -2.50. The summed E-state index contributed by atoms with van der Waals surface area (Å²) in [6.45, 7) is 4.55. The topological polar surface area (TPSA) is 0 Å². The van der Waals surface area contributed by atoms with Crippen LogP contribution >= 0.6 is 0 Å². The van der Waals surface area contributed by atoms with E-state index < -0.39 is 0 Å². The van der Waals surface area contributed by atoms with Gasteiger partial charge in [-0.25, -0.2) is 12.1 Å². The number of unbranched alkanes of at least 4 members (excludes halogenated alkanes) is 1. The summed E-state index contributed by atoms with van der Waals surface area (Å²) in [6, 6.07) is 29.0. The molecule has 28 heavy (non-hydrogen) atoms. The first-order valence-electron chi connectivity index (χ1n) is 9.19. The fourth-order valence-electron chi connectivity index (χ4n) is 3.97. The summed E-state index contributed by atoms with van der Waals surface area (Å²) in [7, 11) is 0. The quantitative estimate of drug-likeness (QED) is 0.265. The van der Waals surface area contributed by atoms with Gasteiger partial charge in [-0.1, -0.05) is 93.8 Å². The molecule has 0 radical (unpaired) electrons. The Morgan fingerprint density at radius 2 is 1.21 bits per heavy atom. The Hall–Kier alpha value is -0.626. The van der Waals surface area contributed by atoms with Gasteiger partial charge in [0.25, 0.3) is 0 Å². The van der Waals surface area contributed by atoms with Gasteiger partial charge < -0.3 is 37.2 Å². The van der Waals surface area contributed by atoms with Crippen LogP contribution in [0.3, 0.4) is 0 Å². The Labute approximate surface area is 204 Å². The molecule has 3 rings (SSSR count). The van der Waals surface area contributed by atoms with Gasteiger partial charge in [0, 0.05) is 5.41 Å². The molecule has 0 bridgehead atoms. The molecule has 0 saturated heterocycles. The monoisotopic (exact) mass is 468 g/mol. The second kappa shape index (κ2) is 14.4. The molecule has 148 valence electrons.